The summed E-state index contributed by atoms with van der Waals surface area (Å²) in [6.45, 7) is 3.66. The second kappa shape index (κ2) is 4.72. The van der Waals surface area contributed by atoms with Gasteiger partial charge in [-0.1, -0.05) is 25.1 Å². The van der Waals surface area contributed by atoms with Crippen molar-refractivity contribution in [3.05, 3.63) is 36.0 Å². The van der Waals surface area contributed by atoms with Crippen LogP contribution in [0.1, 0.15) is 30.6 Å². The van der Waals surface area contributed by atoms with E-state index in [-0.39, 0.29) is 11.9 Å². The number of nitrogens with zero attached hydrogens (tertiary/aromatic N) is 1. The van der Waals surface area contributed by atoms with Gasteiger partial charge >= 0.3 is 0 Å². The molecule has 2 aromatic rings. The van der Waals surface area contributed by atoms with Crippen LogP contribution >= 0.6 is 0 Å². The van der Waals surface area contributed by atoms with Crippen molar-refractivity contribution in [1.82, 2.24) is 4.57 Å². The van der Waals surface area contributed by atoms with Crippen LogP contribution < -0.4 is 5.73 Å². The van der Waals surface area contributed by atoms with Crippen LogP contribution in [0.25, 0.3) is 10.9 Å². The van der Waals surface area contributed by atoms with Crippen LogP contribution in [-0.2, 0) is 6.42 Å². The largest absolute Gasteiger partial charge is 0.327 e. The molecule has 0 saturated carbocycles. The van der Waals surface area contributed by atoms with Crippen molar-refractivity contribution < 1.29 is 4.79 Å². The molecule has 90 valence electrons. The molecule has 0 spiro atoms. The number of fused-ring (bicyclic) bond motifs is 1. The van der Waals surface area contributed by atoms with Crippen LogP contribution in [0, 0.1) is 0 Å². The van der Waals surface area contributed by atoms with Crippen molar-refractivity contribution in [2.24, 2.45) is 5.73 Å². The molecule has 1 heterocycles. The van der Waals surface area contributed by atoms with Crippen LogP contribution in [-0.4, -0.2) is 16.5 Å². The van der Waals surface area contributed by atoms with Gasteiger partial charge in [0.2, 0.25) is 5.91 Å². The minimum absolute atomic E-state index is 0.0394. The molecule has 1 unspecified atom stereocenters. The van der Waals surface area contributed by atoms with Crippen molar-refractivity contribution in [2.75, 3.05) is 0 Å². The zero-order valence-corrected chi connectivity index (χ0v) is 10.3. The monoisotopic (exact) mass is 230 g/mol. The summed E-state index contributed by atoms with van der Waals surface area (Å²) in [6.07, 6.45) is 3.68. The van der Waals surface area contributed by atoms with Gasteiger partial charge in [0.25, 0.3) is 0 Å². The molecule has 0 radical (unpaired) electrons. The molecule has 0 amide bonds. The zero-order chi connectivity index (χ0) is 12.4. The van der Waals surface area contributed by atoms with E-state index in [0.29, 0.717) is 0 Å². The highest BCUT2D eigenvalue weighted by Gasteiger charge is 2.12. The molecular weight excluding hydrogens is 212 g/mol. The van der Waals surface area contributed by atoms with Crippen LogP contribution in [0.4, 0.5) is 0 Å². The number of para-hydroxylation sites is 1. The minimum Gasteiger partial charge on any atom is -0.327 e. The Morgan fingerprint density at radius 1 is 1.41 bits per heavy atom. The van der Waals surface area contributed by atoms with E-state index in [1.54, 1.807) is 11.5 Å². The number of nitrogens with two attached hydrogens (primary N) is 1. The molecule has 0 saturated heterocycles. The summed E-state index contributed by atoms with van der Waals surface area (Å²) in [6, 6.07) is 8.12. The molecule has 2 rings (SSSR count). The van der Waals surface area contributed by atoms with E-state index in [1.807, 2.05) is 30.5 Å². The van der Waals surface area contributed by atoms with Crippen molar-refractivity contribution in [2.45, 2.75) is 32.7 Å². The number of rotatable bonds is 3. The summed E-state index contributed by atoms with van der Waals surface area (Å²) in [7, 11) is 0. The van der Waals surface area contributed by atoms with E-state index in [1.165, 1.54) is 0 Å². The van der Waals surface area contributed by atoms with Gasteiger partial charge in [0, 0.05) is 24.5 Å². The van der Waals surface area contributed by atoms with Crippen LogP contribution in [0.3, 0.4) is 0 Å². The van der Waals surface area contributed by atoms with Gasteiger partial charge < -0.3 is 5.73 Å². The highest BCUT2D eigenvalue weighted by molar-refractivity contribution is 5.93. The Bertz CT molecular complexity index is 542. The fourth-order valence-corrected chi connectivity index (χ4v) is 2.10. The fourth-order valence-electron chi connectivity index (χ4n) is 2.10. The lowest BCUT2D eigenvalue weighted by molar-refractivity contribution is 0.0941. The molecular formula is C14H18N2O. The Hall–Kier alpha value is -1.61. The SMILES string of the molecule is CCC(N)Cc1cn(C(C)=O)c2ccccc12. The van der Waals surface area contributed by atoms with Crippen molar-refractivity contribution in [3.63, 3.8) is 0 Å². The second-order valence-corrected chi connectivity index (χ2v) is 4.43. The summed E-state index contributed by atoms with van der Waals surface area (Å²) >= 11 is 0. The third-order valence-corrected chi connectivity index (χ3v) is 3.14. The highest BCUT2D eigenvalue weighted by Crippen LogP contribution is 2.22. The van der Waals surface area contributed by atoms with Crippen molar-refractivity contribution in [3.8, 4) is 0 Å². The Balaban J connectivity index is 2.52. The van der Waals surface area contributed by atoms with Crippen molar-refractivity contribution in [1.29, 1.82) is 0 Å². The van der Waals surface area contributed by atoms with E-state index < -0.39 is 0 Å². The number of hydrogen-bond acceptors (Lipinski definition) is 2. The molecule has 2 N–H and O–H groups in total. The lowest BCUT2D eigenvalue weighted by Crippen LogP contribution is -2.21. The Labute approximate surface area is 101 Å². The maximum absolute atomic E-state index is 11.6. The maximum Gasteiger partial charge on any atom is 0.227 e. The number of aromatic nitrogens is 1. The molecule has 0 fully saturated rings. The first-order chi connectivity index (χ1) is 8.13. The smallest absolute Gasteiger partial charge is 0.227 e. The first-order valence-electron chi connectivity index (χ1n) is 5.99. The third kappa shape index (κ3) is 2.24. The topological polar surface area (TPSA) is 48.0 Å². The summed E-state index contributed by atoms with van der Waals surface area (Å²) in [5, 5.41) is 1.13. The van der Waals surface area contributed by atoms with E-state index in [0.717, 1.165) is 29.3 Å². The van der Waals surface area contributed by atoms with Gasteiger partial charge in [-0.2, -0.15) is 0 Å². The third-order valence-electron chi connectivity index (χ3n) is 3.14. The normalized spacial score (nSPS) is 12.9. The molecule has 17 heavy (non-hydrogen) atoms. The van der Waals surface area contributed by atoms with Crippen LogP contribution in [0.15, 0.2) is 30.5 Å². The fraction of sp³-hybridized carbons (Fsp3) is 0.357. The number of benzene rings is 1. The first kappa shape index (κ1) is 11.9. The Kier molecular flexibility index (Phi) is 3.29. The Morgan fingerprint density at radius 2 is 2.12 bits per heavy atom. The van der Waals surface area contributed by atoms with Gasteiger partial charge in [0.15, 0.2) is 0 Å². The molecule has 0 bridgehead atoms. The molecule has 1 aromatic heterocycles. The molecule has 3 heteroatoms. The minimum atomic E-state index is 0.0394. The molecule has 0 aliphatic heterocycles. The summed E-state index contributed by atoms with van der Waals surface area (Å²) in [5.41, 5.74) is 8.12. The van der Waals surface area contributed by atoms with Gasteiger partial charge in [0.05, 0.1) is 5.52 Å². The highest BCUT2D eigenvalue weighted by atomic mass is 16.1. The second-order valence-electron chi connectivity index (χ2n) is 4.43. The first-order valence-corrected chi connectivity index (χ1v) is 5.99. The lowest BCUT2D eigenvalue weighted by atomic mass is 10.0. The van der Waals surface area contributed by atoms with Gasteiger partial charge in [-0.15, -0.1) is 0 Å². The number of carbonyl (C=O) groups is 1. The standard InChI is InChI=1S/C14H18N2O/c1-3-12(15)8-11-9-16(10(2)17)14-7-5-4-6-13(11)14/h4-7,9,12H,3,8,15H2,1-2H3. The Morgan fingerprint density at radius 3 is 2.76 bits per heavy atom. The molecule has 0 aliphatic carbocycles. The van der Waals surface area contributed by atoms with Gasteiger partial charge in [0.1, 0.15) is 0 Å². The van der Waals surface area contributed by atoms with E-state index in [4.69, 9.17) is 5.73 Å². The predicted octanol–water partition coefficient (Wildman–Crippen LogP) is 2.58. The van der Waals surface area contributed by atoms with Gasteiger partial charge in [-0.25, -0.2) is 0 Å². The van der Waals surface area contributed by atoms with E-state index in [2.05, 4.69) is 6.92 Å². The van der Waals surface area contributed by atoms with Crippen LogP contribution in [0.2, 0.25) is 0 Å². The summed E-state index contributed by atoms with van der Waals surface area (Å²) in [4.78, 5) is 11.6. The maximum atomic E-state index is 11.6. The summed E-state index contributed by atoms with van der Waals surface area (Å²) in [5.74, 6) is 0.0394. The van der Waals surface area contributed by atoms with Crippen molar-refractivity contribution >= 4 is 16.8 Å². The quantitative estimate of drug-likeness (QED) is 0.881. The summed E-state index contributed by atoms with van der Waals surface area (Å²) < 4.78 is 1.70. The molecule has 0 aliphatic rings. The molecule has 3 nitrogen and oxygen atoms in total. The number of carbonyl (C=O) groups excluding carboxylic acids is 1. The predicted molar refractivity (Wildman–Crippen MR) is 70.2 cm³/mol. The molecule has 1 atom stereocenters. The average Bonchev–Trinajstić information content (AvgIpc) is 2.68. The van der Waals surface area contributed by atoms with E-state index in [9.17, 15) is 4.79 Å². The van der Waals surface area contributed by atoms with Crippen LogP contribution in [0.5, 0.6) is 0 Å². The van der Waals surface area contributed by atoms with Gasteiger partial charge in [-0.05, 0) is 24.5 Å². The molecule has 1 aromatic carbocycles. The van der Waals surface area contributed by atoms with E-state index >= 15 is 0 Å². The number of hydrogen-bond donors (Lipinski definition) is 1. The lowest BCUT2D eigenvalue weighted by Gasteiger charge is -2.06. The zero-order valence-electron chi connectivity index (χ0n) is 10.3. The average molecular weight is 230 g/mol. The van der Waals surface area contributed by atoms with Gasteiger partial charge in [-0.3, -0.25) is 9.36 Å².